The number of carbonyl (C=O) groups is 2. The molecule has 0 bridgehead atoms. The van der Waals surface area contributed by atoms with Crippen molar-refractivity contribution in [1.29, 1.82) is 0 Å². The first-order valence-corrected chi connectivity index (χ1v) is 15.4. The SMILES string of the molecule is Cc1ccc(N(CC(=O)N(Cc2cccc(Cl)c2)[C@H](C)C(=O)NC2CCCC2)S(=O)(=O)c2ccccc2)cc1C. The number of hydrogen-bond donors (Lipinski definition) is 1. The first kappa shape index (κ1) is 29.6. The lowest BCUT2D eigenvalue weighted by Gasteiger charge is -2.32. The van der Waals surface area contributed by atoms with Crippen LogP contribution in [0.2, 0.25) is 5.02 Å². The van der Waals surface area contributed by atoms with Gasteiger partial charge in [-0.3, -0.25) is 13.9 Å². The minimum atomic E-state index is -4.09. The van der Waals surface area contributed by atoms with E-state index in [-0.39, 0.29) is 23.4 Å². The Hall–Kier alpha value is -3.36. The maximum Gasteiger partial charge on any atom is 0.264 e. The minimum absolute atomic E-state index is 0.0782. The Morgan fingerprint density at radius 3 is 2.30 bits per heavy atom. The third-order valence-electron chi connectivity index (χ3n) is 7.50. The fourth-order valence-corrected chi connectivity index (χ4v) is 6.58. The zero-order chi connectivity index (χ0) is 28.9. The molecule has 0 saturated heterocycles. The number of nitrogens with zero attached hydrogens (tertiary/aromatic N) is 2. The van der Waals surface area contributed by atoms with Gasteiger partial charge in [0.1, 0.15) is 12.6 Å². The third-order valence-corrected chi connectivity index (χ3v) is 9.52. The molecule has 1 saturated carbocycles. The number of aryl methyl sites for hydroxylation is 2. The van der Waals surface area contributed by atoms with Crippen LogP contribution in [0, 0.1) is 13.8 Å². The van der Waals surface area contributed by atoms with E-state index in [4.69, 9.17) is 11.6 Å². The molecule has 2 amide bonds. The molecule has 0 radical (unpaired) electrons. The van der Waals surface area contributed by atoms with Crippen LogP contribution in [-0.2, 0) is 26.2 Å². The van der Waals surface area contributed by atoms with E-state index in [9.17, 15) is 18.0 Å². The summed E-state index contributed by atoms with van der Waals surface area (Å²) in [6.07, 6.45) is 3.95. The zero-order valence-corrected chi connectivity index (χ0v) is 24.7. The van der Waals surface area contributed by atoms with Crippen molar-refractivity contribution < 1.29 is 18.0 Å². The van der Waals surface area contributed by atoms with Crippen LogP contribution in [0.25, 0.3) is 0 Å². The molecule has 3 aromatic rings. The van der Waals surface area contributed by atoms with E-state index in [0.29, 0.717) is 10.7 Å². The van der Waals surface area contributed by atoms with Crippen LogP contribution in [0.1, 0.15) is 49.3 Å². The Balaban J connectivity index is 1.69. The maximum absolute atomic E-state index is 14.0. The van der Waals surface area contributed by atoms with Gasteiger partial charge in [-0.25, -0.2) is 8.42 Å². The first-order valence-electron chi connectivity index (χ1n) is 13.6. The van der Waals surface area contributed by atoms with Gasteiger partial charge in [0.15, 0.2) is 0 Å². The summed E-state index contributed by atoms with van der Waals surface area (Å²) in [5.74, 6) is -0.752. The fourth-order valence-electron chi connectivity index (χ4n) is 4.94. The number of nitrogens with one attached hydrogen (secondary N) is 1. The summed E-state index contributed by atoms with van der Waals surface area (Å²) >= 11 is 6.21. The topological polar surface area (TPSA) is 86.8 Å². The van der Waals surface area contributed by atoms with E-state index in [1.807, 2.05) is 26.0 Å². The predicted molar refractivity (Wildman–Crippen MR) is 159 cm³/mol. The van der Waals surface area contributed by atoms with E-state index in [1.54, 1.807) is 55.5 Å². The lowest BCUT2D eigenvalue weighted by Crippen LogP contribution is -2.52. The molecule has 9 heteroatoms. The highest BCUT2D eigenvalue weighted by atomic mass is 35.5. The van der Waals surface area contributed by atoms with Crippen LogP contribution in [0.15, 0.2) is 77.7 Å². The summed E-state index contributed by atoms with van der Waals surface area (Å²) in [6.45, 7) is 5.15. The van der Waals surface area contributed by atoms with Gasteiger partial charge < -0.3 is 10.2 Å². The summed E-state index contributed by atoms with van der Waals surface area (Å²) in [4.78, 5) is 28.8. The van der Waals surface area contributed by atoms with Crippen LogP contribution in [-0.4, -0.2) is 43.8 Å². The van der Waals surface area contributed by atoms with Crippen LogP contribution >= 0.6 is 11.6 Å². The highest BCUT2D eigenvalue weighted by molar-refractivity contribution is 7.92. The van der Waals surface area contributed by atoms with Crippen molar-refractivity contribution in [2.45, 2.75) is 70.0 Å². The molecule has 1 N–H and O–H groups in total. The van der Waals surface area contributed by atoms with E-state index in [0.717, 1.165) is 46.7 Å². The standard InChI is InChI=1S/C31H36ClN3O4S/c1-22-16-17-28(18-23(22)2)35(40(38,39)29-14-5-4-6-15-29)21-30(36)34(20-25-10-9-11-26(32)19-25)24(3)31(37)33-27-12-7-8-13-27/h4-6,9-11,14-19,24,27H,7-8,12-13,20-21H2,1-3H3,(H,33,37)/t24-/m1/s1. The number of carbonyl (C=O) groups excluding carboxylic acids is 2. The van der Waals surface area contributed by atoms with Gasteiger partial charge in [-0.05, 0) is 86.7 Å². The second-order valence-corrected chi connectivity index (χ2v) is 12.7. The van der Waals surface area contributed by atoms with Gasteiger partial charge in [-0.2, -0.15) is 0 Å². The number of sulfonamides is 1. The van der Waals surface area contributed by atoms with Gasteiger partial charge in [0.05, 0.1) is 10.6 Å². The molecule has 40 heavy (non-hydrogen) atoms. The molecule has 7 nitrogen and oxygen atoms in total. The monoisotopic (exact) mass is 581 g/mol. The summed E-state index contributed by atoms with van der Waals surface area (Å²) in [7, 11) is -4.09. The molecular weight excluding hydrogens is 546 g/mol. The molecule has 0 aliphatic heterocycles. The first-order chi connectivity index (χ1) is 19.1. The minimum Gasteiger partial charge on any atom is -0.352 e. The summed E-state index contributed by atoms with van der Waals surface area (Å²) in [5, 5.41) is 3.59. The molecule has 0 unspecified atom stereocenters. The molecule has 0 heterocycles. The van der Waals surface area contributed by atoms with Gasteiger partial charge in [-0.15, -0.1) is 0 Å². The molecule has 1 atom stereocenters. The van der Waals surface area contributed by atoms with Gasteiger partial charge in [0, 0.05) is 17.6 Å². The normalized spacial score (nSPS) is 14.5. The smallest absolute Gasteiger partial charge is 0.264 e. The zero-order valence-electron chi connectivity index (χ0n) is 23.1. The van der Waals surface area contributed by atoms with Gasteiger partial charge in [0.2, 0.25) is 11.8 Å². The molecule has 0 spiro atoms. The van der Waals surface area contributed by atoms with Crippen LogP contribution in [0.3, 0.4) is 0 Å². The number of benzene rings is 3. The van der Waals surface area contributed by atoms with E-state index in [1.165, 1.54) is 17.0 Å². The number of hydrogen-bond acceptors (Lipinski definition) is 4. The van der Waals surface area contributed by atoms with Crippen molar-refractivity contribution >= 4 is 39.1 Å². The molecule has 3 aromatic carbocycles. The molecule has 0 aromatic heterocycles. The lowest BCUT2D eigenvalue weighted by molar-refractivity contribution is -0.139. The van der Waals surface area contributed by atoms with Crippen LogP contribution < -0.4 is 9.62 Å². The van der Waals surface area contributed by atoms with E-state index >= 15 is 0 Å². The van der Waals surface area contributed by atoms with Crippen LogP contribution in [0.4, 0.5) is 5.69 Å². The maximum atomic E-state index is 14.0. The molecule has 212 valence electrons. The largest absolute Gasteiger partial charge is 0.352 e. The summed E-state index contributed by atoms with van der Waals surface area (Å²) < 4.78 is 28.9. The number of amides is 2. The van der Waals surface area contributed by atoms with E-state index < -0.39 is 28.5 Å². The molecule has 1 aliphatic rings. The molecule has 1 fully saturated rings. The van der Waals surface area contributed by atoms with Crippen molar-refractivity contribution in [3.05, 3.63) is 94.5 Å². The van der Waals surface area contributed by atoms with Gasteiger partial charge in [0.25, 0.3) is 10.0 Å². The Bertz CT molecular complexity index is 1460. The van der Waals surface area contributed by atoms with Crippen LogP contribution in [0.5, 0.6) is 0 Å². The highest BCUT2D eigenvalue weighted by Crippen LogP contribution is 2.27. The second kappa shape index (κ2) is 12.9. The quantitative estimate of drug-likeness (QED) is 0.336. The number of halogens is 1. The highest BCUT2D eigenvalue weighted by Gasteiger charge is 2.33. The lowest BCUT2D eigenvalue weighted by atomic mass is 10.1. The fraction of sp³-hybridized carbons (Fsp3) is 0.355. The molecular formula is C31H36ClN3O4S. The van der Waals surface area contributed by atoms with Crippen molar-refractivity contribution in [3.8, 4) is 0 Å². The molecule has 1 aliphatic carbocycles. The third kappa shape index (κ3) is 7.04. The van der Waals surface area contributed by atoms with Gasteiger partial charge >= 0.3 is 0 Å². The second-order valence-electron chi connectivity index (χ2n) is 10.4. The van der Waals surface area contributed by atoms with Gasteiger partial charge in [-0.1, -0.05) is 60.8 Å². The molecule has 4 rings (SSSR count). The average molecular weight is 582 g/mol. The van der Waals surface area contributed by atoms with Crippen molar-refractivity contribution in [1.82, 2.24) is 10.2 Å². The number of rotatable bonds is 10. The van der Waals surface area contributed by atoms with Crippen molar-refractivity contribution in [3.63, 3.8) is 0 Å². The summed E-state index contributed by atoms with van der Waals surface area (Å²) in [5.41, 5.74) is 3.03. The Morgan fingerprint density at radius 1 is 0.950 bits per heavy atom. The van der Waals surface area contributed by atoms with Crippen molar-refractivity contribution in [2.75, 3.05) is 10.8 Å². The Labute approximate surface area is 242 Å². The van der Waals surface area contributed by atoms with Crippen molar-refractivity contribution in [2.24, 2.45) is 0 Å². The summed E-state index contributed by atoms with van der Waals surface area (Å²) in [6, 6.07) is 19.7. The average Bonchev–Trinajstić information content (AvgIpc) is 3.45. The number of anilines is 1. The predicted octanol–water partition coefficient (Wildman–Crippen LogP) is 5.63. The Kier molecular flexibility index (Phi) is 9.53. The Morgan fingerprint density at radius 2 is 1.65 bits per heavy atom. The van der Waals surface area contributed by atoms with E-state index in [2.05, 4.69) is 5.32 Å².